The lowest BCUT2D eigenvalue weighted by Gasteiger charge is -2.30. The monoisotopic (exact) mass is 302 g/mol. The zero-order valence-electron chi connectivity index (χ0n) is 12.7. The molecule has 0 saturated carbocycles. The third kappa shape index (κ3) is 4.98. The van der Waals surface area contributed by atoms with Crippen molar-refractivity contribution >= 4 is 5.97 Å². The van der Waals surface area contributed by atoms with Gasteiger partial charge in [0.1, 0.15) is 11.7 Å². The molecule has 1 aliphatic carbocycles. The highest BCUT2D eigenvalue weighted by Gasteiger charge is 2.34. The lowest BCUT2D eigenvalue weighted by Crippen LogP contribution is -2.37. The highest BCUT2D eigenvalue weighted by atomic mass is 16.5. The molecular formula is C18H22O4. The first-order valence-electron chi connectivity index (χ1n) is 7.15. The van der Waals surface area contributed by atoms with Crippen LogP contribution in [-0.4, -0.2) is 28.9 Å². The summed E-state index contributed by atoms with van der Waals surface area (Å²) in [7, 11) is 0. The van der Waals surface area contributed by atoms with E-state index in [0.29, 0.717) is 12.2 Å². The first-order valence-corrected chi connectivity index (χ1v) is 7.15. The lowest BCUT2D eigenvalue weighted by atomic mass is 9.85. The maximum absolute atomic E-state index is 10.2. The van der Waals surface area contributed by atoms with Crippen LogP contribution in [0.3, 0.4) is 0 Å². The molecule has 2 unspecified atom stereocenters. The molecule has 0 aliphatic heterocycles. The first kappa shape index (κ1) is 17.9. The Morgan fingerprint density at radius 1 is 1.36 bits per heavy atom. The molecule has 4 nitrogen and oxygen atoms in total. The van der Waals surface area contributed by atoms with Crippen LogP contribution in [0.1, 0.15) is 18.9 Å². The van der Waals surface area contributed by atoms with Crippen molar-refractivity contribution in [3.05, 3.63) is 72.9 Å². The third-order valence-electron chi connectivity index (χ3n) is 3.06. The first-order chi connectivity index (χ1) is 10.5. The number of benzene rings is 1. The molecule has 1 aromatic rings. The Labute approximate surface area is 131 Å². The fraction of sp³-hybridized carbons (Fsp3) is 0.278. The average molecular weight is 302 g/mol. The molecular weight excluding hydrogens is 280 g/mol. The number of aliphatic hydroxyl groups is 2. The molecule has 0 bridgehead atoms. The fourth-order valence-corrected chi connectivity index (χ4v) is 1.85. The molecule has 0 radical (unpaired) electrons. The number of allylic oxidation sites excluding steroid dienone is 2. The van der Waals surface area contributed by atoms with Gasteiger partial charge in [0.05, 0.1) is 6.61 Å². The number of carbonyl (C=O) groups is 1. The van der Waals surface area contributed by atoms with Gasteiger partial charge in [0.2, 0.25) is 0 Å². The number of esters is 1. The van der Waals surface area contributed by atoms with E-state index in [4.69, 9.17) is 0 Å². The topological polar surface area (TPSA) is 66.8 Å². The maximum atomic E-state index is 10.2. The molecule has 0 spiro atoms. The Bertz CT molecular complexity index is 533. The van der Waals surface area contributed by atoms with Crippen LogP contribution in [0.5, 0.6) is 0 Å². The molecule has 0 amide bonds. The molecule has 118 valence electrons. The number of rotatable bonds is 4. The van der Waals surface area contributed by atoms with Gasteiger partial charge in [-0.3, -0.25) is 0 Å². The van der Waals surface area contributed by atoms with Gasteiger partial charge < -0.3 is 14.9 Å². The van der Waals surface area contributed by atoms with E-state index in [1.807, 2.05) is 25.1 Å². The van der Waals surface area contributed by atoms with Crippen molar-refractivity contribution in [2.24, 2.45) is 0 Å². The van der Waals surface area contributed by atoms with E-state index >= 15 is 0 Å². The van der Waals surface area contributed by atoms with Crippen molar-refractivity contribution in [2.75, 3.05) is 6.61 Å². The lowest BCUT2D eigenvalue weighted by molar-refractivity contribution is -0.137. The summed E-state index contributed by atoms with van der Waals surface area (Å²) in [5, 5.41) is 19.9. The Morgan fingerprint density at radius 3 is 2.59 bits per heavy atom. The van der Waals surface area contributed by atoms with Crippen molar-refractivity contribution in [1.29, 1.82) is 0 Å². The summed E-state index contributed by atoms with van der Waals surface area (Å²) in [5.41, 5.74) is -0.580. The zero-order chi connectivity index (χ0) is 16.4. The summed E-state index contributed by atoms with van der Waals surface area (Å²) in [5.74, 6) is -0.341. The van der Waals surface area contributed by atoms with Gasteiger partial charge in [-0.1, -0.05) is 62.1 Å². The highest BCUT2D eigenvalue weighted by molar-refractivity contribution is 5.81. The summed E-state index contributed by atoms with van der Waals surface area (Å²) in [4.78, 5) is 10.2. The summed E-state index contributed by atoms with van der Waals surface area (Å²) in [6.07, 6.45) is 7.78. The molecule has 0 saturated heterocycles. The number of hydrogen-bond donors (Lipinski definition) is 2. The second-order valence-corrected chi connectivity index (χ2v) is 4.75. The molecule has 4 heteroatoms. The van der Waals surface area contributed by atoms with E-state index in [9.17, 15) is 15.0 Å². The molecule has 22 heavy (non-hydrogen) atoms. The summed E-state index contributed by atoms with van der Waals surface area (Å²) < 4.78 is 4.58. The summed E-state index contributed by atoms with van der Waals surface area (Å²) in [6.45, 7) is 5.67. The molecule has 2 rings (SSSR count). The standard InChI is InChI=1S/C12H12O2.C6H10O2/c13-11-8-4-5-9-12(11,14)10-6-2-1-3-7-10;1-3-5-8-6(7)4-2/h1-9,11,13-14H;4H,2-3,5H2,1H3. The van der Waals surface area contributed by atoms with Crippen molar-refractivity contribution in [1.82, 2.24) is 0 Å². The van der Waals surface area contributed by atoms with E-state index in [1.165, 1.54) is 0 Å². The van der Waals surface area contributed by atoms with Gasteiger partial charge in [0.25, 0.3) is 0 Å². The SMILES string of the molecule is C=CC(=O)OCCC.OC1C=CC=CC1(O)c1ccccc1. The molecule has 0 heterocycles. The predicted octanol–water partition coefficient (Wildman–Crippen LogP) is 2.49. The van der Waals surface area contributed by atoms with E-state index in [0.717, 1.165) is 12.5 Å². The van der Waals surface area contributed by atoms with Crippen LogP contribution >= 0.6 is 0 Å². The minimum atomic E-state index is -1.28. The third-order valence-corrected chi connectivity index (χ3v) is 3.06. The molecule has 2 atom stereocenters. The van der Waals surface area contributed by atoms with Gasteiger partial charge in [0, 0.05) is 6.08 Å². The van der Waals surface area contributed by atoms with E-state index in [1.54, 1.807) is 36.4 Å². The van der Waals surface area contributed by atoms with Crippen molar-refractivity contribution < 1.29 is 19.7 Å². The normalized spacial score (nSPS) is 22.4. The quantitative estimate of drug-likeness (QED) is 0.662. The van der Waals surface area contributed by atoms with Crippen LogP contribution in [0.4, 0.5) is 0 Å². The Kier molecular flexibility index (Phi) is 7.29. The van der Waals surface area contributed by atoms with Gasteiger partial charge in [-0.15, -0.1) is 0 Å². The van der Waals surface area contributed by atoms with Gasteiger partial charge in [-0.05, 0) is 18.1 Å². The second-order valence-electron chi connectivity index (χ2n) is 4.75. The minimum absolute atomic E-state index is 0.341. The van der Waals surface area contributed by atoms with Crippen LogP contribution in [0.15, 0.2) is 67.3 Å². The van der Waals surface area contributed by atoms with Crippen LogP contribution < -0.4 is 0 Å². The smallest absolute Gasteiger partial charge is 0.330 e. The summed E-state index contributed by atoms with van der Waals surface area (Å²) in [6, 6.07) is 9.15. The fourth-order valence-electron chi connectivity index (χ4n) is 1.85. The van der Waals surface area contributed by atoms with E-state index in [2.05, 4.69) is 11.3 Å². The molecule has 0 fully saturated rings. The second kappa shape index (κ2) is 8.97. The summed E-state index contributed by atoms with van der Waals surface area (Å²) >= 11 is 0. The van der Waals surface area contributed by atoms with Gasteiger partial charge in [0.15, 0.2) is 0 Å². The van der Waals surface area contributed by atoms with Gasteiger partial charge in [-0.2, -0.15) is 0 Å². The maximum Gasteiger partial charge on any atom is 0.330 e. The van der Waals surface area contributed by atoms with Crippen LogP contribution in [0.25, 0.3) is 0 Å². The van der Waals surface area contributed by atoms with Crippen molar-refractivity contribution in [3.63, 3.8) is 0 Å². The molecule has 0 aromatic heterocycles. The average Bonchev–Trinajstić information content (AvgIpc) is 2.57. The molecule has 1 aliphatic rings. The van der Waals surface area contributed by atoms with E-state index in [-0.39, 0.29) is 5.97 Å². The number of carbonyl (C=O) groups excluding carboxylic acids is 1. The number of hydrogen-bond acceptors (Lipinski definition) is 4. The van der Waals surface area contributed by atoms with Crippen LogP contribution in [0.2, 0.25) is 0 Å². The predicted molar refractivity (Wildman–Crippen MR) is 86.1 cm³/mol. The van der Waals surface area contributed by atoms with E-state index < -0.39 is 11.7 Å². The largest absolute Gasteiger partial charge is 0.463 e. The van der Waals surface area contributed by atoms with Crippen LogP contribution in [-0.2, 0) is 15.1 Å². The van der Waals surface area contributed by atoms with Gasteiger partial charge in [-0.25, -0.2) is 4.79 Å². The molecule has 2 N–H and O–H groups in total. The van der Waals surface area contributed by atoms with Crippen LogP contribution in [0, 0.1) is 0 Å². The Balaban J connectivity index is 0.000000261. The Hall–Kier alpha value is -2.17. The number of ether oxygens (including phenoxy) is 1. The minimum Gasteiger partial charge on any atom is -0.463 e. The zero-order valence-corrected chi connectivity index (χ0v) is 12.7. The Morgan fingerprint density at radius 2 is 2.05 bits per heavy atom. The van der Waals surface area contributed by atoms with Gasteiger partial charge >= 0.3 is 5.97 Å². The molecule has 1 aromatic carbocycles. The highest BCUT2D eigenvalue weighted by Crippen LogP contribution is 2.29. The number of aliphatic hydroxyl groups excluding tert-OH is 1. The van der Waals surface area contributed by atoms with Crippen molar-refractivity contribution in [2.45, 2.75) is 25.0 Å². The van der Waals surface area contributed by atoms with Crippen molar-refractivity contribution in [3.8, 4) is 0 Å².